The van der Waals surface area contributed by atoms with Gasteiger partial charge in [-0.05, 0) is 0 Å². The lowest BCUT2D eigenvalue weighted by Crippen LogP contribution is -2.22. The van der Waals surface area contributed by atoms with Crippen molar-refractivity contribution in [1.29, 1.82) is 0 Å². The van der Waals surface area contributed by atoms with E-state index in [-0.39, 0.29) is 11.7 Å². The van der Waals surface area contributed by atoms with Crippen LogP contribution in [0.3, 0.4) is 0 Å². The standard InChI is InChI=1S/C6H8F3N3O2S/c7-6(8,9)4-11-5(15-12-4)10-1-3(14)2-13/h3,13-14H,1-2H2,(H,10,11,12)/t3-/m1/s1. The number of halogens is 3. The zero-order chi connectivity index (χ0) is 11.5. The minimum absolute atomic E-state index is 0.0465. The molecule has 9 heteroatoms. The van der Waals surface area contributed by atoms with Gasteiger partial charge in [-0.2, -0.15) is 22.5 Å². The highest BCUT2D eigenvalue weighted by Gasteiger charge is 2.36. The number of aromatic nitrogens is 2. The van der Waals surface area contributed by atoms with E-state index in [0.29, 0.717) is 11.5 Å². The van der Waals surface area contributed by atoms with Crippen molar-refractivity contribution in [3.8, 4) is 0 Å². The maximum atomic E-state index is 12.0. The Balaban J connectivity index is 2.54. The van der Waals surface area contributed by atoms with Gasteiger partial charge in [0.1, 0.15) is 0 Å². The van der Waals surface area contributed by atoms with Crippen LogP contribution in [0.1, 0.15) is 5.82 Å². The molecule has 0 radical (unpaired) electrons. The lowest BCUT2D eigenvalue weighted by molar-refractivity contribution is -0.144. The summed E-state index contributed by atoms with van der Waals surface area (Å²) in [6.45, 7) is -0.555. The number of aliphatic hydroxyl groups is 2. The molecule has 0 aliphatic carbocycles. The zero-order valence-electron chi connectivity index (χ0n) is 7.32. The van der Waals surface area contributed by atoms with Gasteiger partial charge in [0.25, 0.3) is 0 Å². The Morgan fingerprint density at radius 3 is 2.60 bits per heavy atom. The highest BCUT2D eigenvalue weighted by atomic mass is 32.1. The zero-order valence-corrected chi connectivity index (χ0v) is 8.14. The van der Waals surface area contributed by atoms with E-state index in [9.17, 15) is 13.2 Å². The van der Waals surface area contributed by atoms with E-state index >= 15 is 0 Å². The van der Waals surface area contributed by atoms with Crippen LogP contribution in [0.15, 0.2) is 0 Å². The Morgan fingerprint density at radius 2 is 2.13 bits per heavy atom. The van der Waals surface area contributed by atoms with Crippen LogP contribution in [0.25, 0.3) is 0 Å². The SMILES string of the molecule is OC[C@H](O)CNc1nc(C(F)(F)F)ns1. The molecule has 86 valence electrons. The van der Waals surface area contributed by atoms with Crippen LogP contribution >= 0.6 is 11.5 Å². The molecule has 1 aromatic rings. The lowest BCUT2D eigenvalue weighted by Gasteiger charge is -2.06. The van der Waals surface area contributed by atoms with Gasteiger partial charge in [0, 0.05) is 18.1 Å². The highest BCUT2D eigenvalue weighted by Crippen LogP contribution is 2.28. The molecule has 0 aliphatic heterocycles. The van der Waals surface area contributed by atoms with E-state index in [1.165, 1.54) is 0 Å². The fraction of sp³-hybridized carbons (Fsp3) is 0.667. The molecular formula is C6H8F3N3O2S. The van der Waals surface area contributed by atoms with Crippen molar-refractivity contribution in [2.24, 2.45) is 0 Å². The maximum Gasteiger partial charge on any atom is 0.452 e. The lowest BCUT2D eigenvalue weighted by atomic mass is 10.4. The second kappa shape index (κ2) is 4.73. The molecule has 0 amide bonds. The Bertz CT molecular complexity index is 317. The van der Waals surface area contributed by atoms with Crippen molar-refractivity contribution >= 4 is 16.7 Å². The molecule has 0 saturated carbocycles. The fourth-order valence-corrected chi connectivity index (χ4v) is 1.27. The third-order valence-corrected chi connectivity index (χ3v) is 2.05. The molecule has 0 unspecified atom stereocenters. The van der Waals surface area contributed by atoms with Crippen molar-refractivity contribution in [2.75, 3.05) is 18.5 Å². The molecule has 15 heavy (non-hydrogen) atoms. The number of nitrogens with one attached hydrogen (secondary N) is 1. The van der Waals surface area contributed by atoms with Gasteiger partial charge in [-0.1, -0.05) is 0 Å². The molecule has 1 heterocycles. The minimum Gasteiger partial charge on any atom is -0.394 e. The molecule has 0 spiro atoms. The molecule has 1 rings (SSSR count). The Kier molecular flexibility index (Phi) is 3.83. The van der Waals surface area contributed by atoms with Gasteiger partial charge in [-0.3, -0.25) is 0 Å². The third kappa shape index (κ3) is 3.61. The van der Waals surface area contributed by atoms with Crippen molar-refractivity contribution in [3.05, 3.63) is 5.82 Å². The van der Waals surface area contributed by atoms with E-state index in [1.54, 1.807) is 0 Å². The highest BCUT2D eigenvalue weighted by molar-refractivity contribution is 7.09. The van der Waals surface area contributed by atoms with Gasteiger partial charge in [-0.25, -0.2) is 0 Å². The van der Waals surface area contributed by atoms with Gasteiger partial charge in [0.2, 0.25) is 11.0 Å². The first-order valence-corrected chi connectivity index (χ1v) is 4.64. The van der Waals surface area contributed by atoms with Crippen molar-refractivity contribution < 1.29 is 23.4 Å². The van der Waals surface area contributed by atoms with Gasteiger partial charge in [0.05, 0.1) is 12.7 Å². The molecule has 1 atom stereocenters. The third-order valence-electron chi connectivity index (χ3n) is 1.38. The van der Waals surface area contributed by atoms with Crippen LogP contribution in [0, 0.1) is 0 Å². The van der Waals surface area contributed by atoms with E-state index in [4.69, 9.17) is 10.2 Å². The maximum absolute atomic E-state index is 12.0. The van der Waals surface area contributed by atoms with Crippen LogP contribution in [-0.2, 0) is 6.18 Å². The second-order valence-corrected chi connectivity index (χ2v) is 3.39. The first-order valence-electron chi connectivity index (χ1n) is 3.87. The average molecular weight is 243 g/mol. The molecule has 0 aliphatic rings. The van der Waals surface area contributed by atoms with E-state index in [1.807, 2.05) is 0 Å². The average Bonchev–Trinajstić information content (AvgIpc) is 2.61. The first-order chi connectivity index (χ1) is 6.93. The predicted molar refractivity (Wildman–Crippen MR) is 46.5 cm³/mol. The van der Waals surface area contributed by atoms with E-state index in [0.717, 1.165) is 0 Å². The summed E-state index contributed by atoms with van der Waals surface area (Å²) < 4.78 is 39.2. The van der Waals surface area contributed by atoms with Crippen LogP contribution in [0.5, 0.6) is 0 Å². The number of nitrogens with zero attached hydrogens (tertiary/aromatic N) is 2. The van der Waals surface area contributed by atoms with Crippen LogP contribution in [-0.4, -0.2) is 38.8 Å². The number of rotatable bonds is 4. The number of aliphatic hydroxyl groups excluding tert-OH is 2. The first kappa shape index (κ1) is 12.1. The van der Waals surface area contributed by atoms with Crippen molar-refractivity contribution in [3.63, 3.8) is 0 Å². The minimum atomic E-state index is -4.56. The van der Waals surface area contributed by atoms with Crippen LogP contribution < -0.4 is 5.32 Å². The van der Waals surface area contributed by atoms with E-state index in [2.05, 4.69) is 14.7 Å². The summed E-state index contributed by atoms with van der Waals surface area (Å²) in [5, 5.41) is 19.7. The molecule has 0 fully saturated rings. The Labute approximate surface area is 86.7 Å². The monoisotopic (exact) mass is 243 g/mol. The predicted octanol–water partition coefficient (Wildman–Crippen LogP) is 0.322. The Morgan fingerprint density at radius 1 is 1.47 bits per heavy atom. The molecular weight excluding hydrogens is 235 g/mol. The summed E-state index contributed by atoms with van der Waals surface area (Å²) in [7, 11) is 0. The second-order valence-electron chi connectivity index (χ2n) is 2.64. The molecule has 0 saturated heterocycles. The quantitative estimate of drug-likeness (QED) is 0.710. The summed E-state index contributed by atoms with van der Waals surface area (Å²) in [5.74, 6) is -1.21. The Hall–Kier alpha value is -0.930. The molecule has 5 nitrogen and oxygen atoms in total. The summed E-state index contributed by atoms with van der Waals surface area (Å²) in [4.78, 5) is 3.17. The molecule has 0 aromatic carbocycles. The summed E-state index contributed by atoms with van der Waals surface area (Å²) in [6, 6.07) is 0. The smallest absolute Gasteiger partial charge is 0.394 e. The number of hydrogen-bond acceptors (Lipinski definition) is 6. The summed E-state index contributed by atoms with van der Waals surface area (Å²) in [6.07, 6.45) is -5.60. The van der Waals surface area contributed by atoms with Gasteiger partial charge >= 0.3 is 6.18 Å². The van der Waals surface area contributed by atoms with Gasteiger partial charge < -0.3 is 15.5 Å². The largest absolute Gasteiger partial charge is 0.452 e. The number of alkyl halides is 3. The summed E-state index contributed by atoms with van der Waals surface area (Å²) in [5.41, 5.74) is 0. The summed E-state index contributed by atoms with van der Waals surface area (Å²) >= 11 is 0.544. The van der Waals surface area contributed by atoms with Crippen molar-refractivity contribution in [1.82, 2.24) is 9.36 Å². The van der Waals surface area contributed by atoms with Crippen molar-refractivity contribution in [2.45, 2.75) is 12.3 Å². The fourth-order valence-electron chi connectivity index (χ4n) is 0.680. The molecule has 1 aromatic heterocycles. The van der Waals surface area contributed by atoms with Gasteiger partial charge in [0.15, 0.2) is 0 Å². The topological polar surface area (TPSA) is 78.3 Å². The number of anilines is 1. The van der Waals surface area contributed by atoms with Crippen LogP contribution in [0.2, 0.25) is 0 Å². The number of hydrogen-bond donors (Lipinski definition) is 3. The van der Waals surface area contributed by atoms with Gasteiger partial charge in [-0.15, -0.1) is 0 Å². The van der Waals surface area contributed by atoms with E-state index < -0.39 is 24.7 Å². The molecule has 0 bridgehead atoms. The molecule has 3 N–H and O–H groups in total. The normalized spacial score (nSPS) is 13.9. The van der Waals surface area contributed by atoms with Crippen LogP contribution in [0.4, 0.5) is 18.3 Å².